The molecule has 18 heteroatoms. The van der Waals surface area contributed by atoms with Crippen LogP contribution in [0, 0.1) is 29.4 Å². The summed E-state index contributed by atoms with van der Waals surface area (Å²) in [4.78, 5) is 23.2. The highest BCUT2D eigenvalue weighted by Crippen LogP contribution is 2.68. The maximum Gasteiger partial charge on any atom is 0.435 e. The lowest BCUT2D eigenvalue weighted by atomic mass is 9.86. The molecule has 1 fully saturated rings. The molecule has 9 nitrogen and oxygen atoms in total. The second-order valence-corrected chi connectivity index (χ2v) is 19.4. The lowest BCUT2D eigenvalue weighted by molar-refractivity contribution is -0.142. The molecule has 0 spiro atoms. The van der Waals surface area contributed by atoms with E-state index in [4.69, 9.17) is 16.6 Å². The third-order valence-corrected chi connectivity index (χ3v) is 12.3. The fourth-order valence-electron chi connectivity index (χ4n) is 8.40. The summed E-state index contributed by atoms with van der Waals surface area (Å²) in [5.41, 5.74) is -1.39. The zero-order valence-electron chi connectivity index (χ0n) is 33.1. The van der Waals surface area contributed by atoms with Gasteiger partial charge in [0.2, 0.25) is 0 Å². The van der Waals surface area contributed by atoms with E-state index in [1.54, 1.807) is 59.3 Å². The third-order valence-electron chi connectivity index (χ3n) is 11.1. The lowest BCUT2D eigenvalue weighted by Gasteiger charge is -2.22. The van der Waals surface area contributed by atoms with Crippen molar-refractivity contribution in [2.24, 2.45) is 13.0 Å². The summed E-state index contributed by atoms with van der Waals surface area (Å²) in [5, 5.41) is 8.93. The fraction of sp³-hybridized carbons (Fsp3) is 0.349. The van der Waals surface area contributed by atoms with Gasteiger partial charge in [-0.05, 0) is 89.8 Å². The molecular formula is C43H37ClF7N7O2S. The fourth-order valence-corrected chi connectivity index (χ4v) is 9.44. The summed E-state index contributed by atoms with van der Waals surface area (Å²) in [7, 11) is -0.936. The number of nitrogens with zero attached hydrogens (tertiary/aromatic N) is 7. The van der Waals surface area contributed by atoms with Crippen LogP contribution in [0.3, 0.4) is 0 Å². The normalized spacial score (nSPS) is 18.3. The van der Waals surface area contributed by atoms with Crippen molar-refractivity contribution in [2.75, 3.05) is 6.26 Å². The number of imidazole rings is 1. The van der Waals surface area contributed by atoms with Gasteiger partial charge in [-0.15, -0.1) is 0 Å². The Morgan fingerprint density at radius 1 is 1.08 bits per heavy atom. The number of hydrogen-bond acceptors (Lipinski definition) is 6. The minimum Gasteiger partial charge on any atom is -0.321 e. The molecule has 0 N–H and O–H groups in total. The van der Waals surface area contributed by atoms with Crippen LogP contribution >= 0.6 is 11.6 Å². The van der Waals surface area contributed by atoms with Crippen LogP contribution < -0.4 is 0 Å². The molecule has 2 aliphatic rings. The van der Waals surface area contributed by atoms with Crippen LogP contribution in [0.25, 0.3) is 22.0 Å². The van der Waals surface area contributed by atoms with Crippen LogP contribution in [0.5, 0.6) is 0 Å². The van der Waals surface area contributed by atoms with E-state index in [9.17, 15) is 31.0 Å². The van der Waals surface area contributed by atoms with Gasteiger partial charge in [0.1, 0.15) is 35.1 Å². The van der Waals surface area contributed by atoms with E-state index >= 15 is 8.78 Å². The summed E-state index contributed by atoms with van der Waals surface area (Å²) in [6.07, 6.45) is 0.507. The molecule has 1 unspecified atom stereocenters. The van der Waals surface area contributed by atoms with E-state index < -0.39 is 92.2 Å². The predicted octanol–water partition coefficient (Wildman–Crippen LogP) is 8.81. The van der Waals surface area contributed by atoms with E-state index in [-0.39, 0.29) is 35.5 Å². The van der Waals surface area contributed by atoms with Gasteiger partial charge in [0, 0.05) is 72.1 Å². The van der Waals surface area contributed by atoms with Crippen molar-refractivity contribution in [3.05, 3.63) is 117 Å². The summed E-state index contributed by atoms with van der Waals surface area (Å²) in [5.74, 6) is 0.379. The van der Waals surface area contributed by atoms with Crippen LogP contribution in [0.2, 0.25) is 5.02 Å². The van der Waals surface area contributed by atoms with E-state index in [1.807, 2.05) is 13.8 Å². The Hall–Kier alpha value is -5.47. The van der Waals surface area contributed by atoms with Crippen molar-refractivity contribution >= 4 is 43.7 Å². The zero-order valence-corrected chi connectivity index (χ0v) is 34.7. The maximum atomic E-state index is 15.5. The average molecular weight is 884 g/mol. The van der Waals surface area contributed by atoms with E-state index in [2.05, 4.69) is 32.9 Å². The highest BCUT2D eigenvalue weighted by atomic mass is 35.5. The minimum absolute atomic E-state index is 0.00413. The molecule has 0 saturated heterocycles. The van der Waals surface area contributed by atoms with Crippen molar-refractivity contribution in [3.63, 3.8) is 0 Å². The first-order valence-electron chi connectivity index (χ1n) is 19.0. The highest BCUT2D eigenvalue weighted by molar-refractivity contribution is 7.98. The largest absolute Gasteiger partial charge is 0.435 e. The van der Waals surface area contributed by atoms with Crippen molar-refractivity contribution < 1.29 is 39.7 Å². The Bertz CT molecular complexity index is 2910. The minimum atomic E-state index is -5.04. The van der Waals surface area contributed by atoms with Crippen LogP contribution in [0.15, 0.2) is 61.2 Å². The summed E-state index contributed by atoms with van der Waals surface area (Å²) in [6.45, 7) is 2.77. The van der Waals surface area contributed by atoms with Crippen molar-refractivity contribution in [2.45, 2.75) is 74.9 Å². The number of halogens is 8. The molecule has 1 saturated carbocycles. The highest BCUT2D eigenvalue weighted by Gasteiger charge is 2.68. The average Bonchev–Trinajstić information content (AvgIpc) is 3.41. The van der Waals surface area contributed by atoms with Gasteiger partial charge < -0.3 is 4.57 Å². The number of benzene rings is 2. The van der Waals surface area contributed by atoms with Crippen LogP contribution in [-0.4, -0.2) is 56.2 Å². The SMILES string of the molecule is C=S(C)(=O)Cc1nn(C)c2c(-c3ccc(C#CC(C)(C)n4ccnc4)nc3[C@@H](CC(=O)Cn3nc(C(F)(F)F)c4c3C(F)(F)[C@@H]3C[C@H]43)Cc3cc(F)cc(F)c3)ccc(Cl)c12. The number of aromatic nitrogens is 7. The Balaban J connectivity index is 1.29. The number of fused-ring (bicyclic) bond motifs is 4. The Labute approximate surface area is 351 Å². The second kappa shape index (κ2) is 14.9. The molecule has 0 amide bonds. The number of carbonyl (C=O) groups excluding carboxylic acids is 1. The van der Waals surface area contributed by atoms with E-state index in [0.29, 0.717) is 43.5 Å². The summed E-state index contributed by atoms with van der Waals surface area (Å²) in [6, 6.07) is 9.48. The molecule has 2 aromatic carbocycles. The number of aryl methyl sites for hydroxylation is 1. The van der Waals surface area contributed by atoms with Crippen LogP contribution in [-0.2, 0) is 57.7 Å². The molecule has 0 aliphatic heterocycles. The van der Waals surface area contributed by atoms with Crippen molar-refractivity contribution in [3.8, 4) is 23.0 Å². The molecule has 6 aromatic rings. The van der Waals surface area contributed by atoms with Gasteiger partial charge in [0.15, 0.2) is 11.5 Å². The van der Waals surface area contributed by atoms with Gasteiger partial charge in [-0.3, -0.25) is 18.4 Å². The molecule has 61 heavy (non-hydrogen) atoms. The number of pyridine rings is 1. The Kier molecular flexibility index (Phi) is 10.3. The van der Waals surface area contributed by atoms with Gasteiger partial charge in [0.25, 0.3) is 5.92 Å². The van der Waals surface area contributed by atoms with Gasteiger partial charge in [-0.2, -0.15) is 32.1 Å². The molecule has 2 aliphatic carbocycles. The Morgan fingerprint density at radius 3 is 2.44 bits per heavy atom. The van der Waals surface area contributed by atoms with Gasteiger partial charge in [-0.1, -0.05) is 23.6 Å². The molecule has 4 atom stereocenters. The van der Waals surface area contributed by atoms with E-state index in [0.717, 1.165) is 12.1 Å². The molecular weight excluding hydrogens is 847 g/mol. The number of Topliss-reactive ketones (excluding diaryl/α,β-unsaturated/α-hetero) is 1. The zero-order chi connectivity index (χ0) is 44.0. The maximum absolute atomic E-state index is 15.5. The molecule has 4 aromatic heterocycles. The van der Waals surface area contributed by atoms with E-state index in [1.165, 1.54) is 6.26 Å². The quantitative estimate of drug-likeness (QED) is 0.0733. The summed E-state index contributed by atoms with van der Waals surface area (Å²) >= 11 is 6.75. The molecule has 4 heterocycles. The first kappa shape index (κ1) is 42.2. The van der Waals surface area contributed by atoms with Crippen molar-refractivity contribution in [1.29, 1.82) is 0 Å². The predicted molar refractivity (Wildman–Crippen MR) is 217 cm³/mol. The van der Waals surface area contributed by atoms with Crippen LogP contribution in [0.4, 0.5) is 30.7 Å². The molecule has 0 radical (unpaired) electrons. The Morgan fingerprint density at radius 2 is 1.79 bits per heavy atom. The second-order valence-electron chi connectivity index (χ2n) is 16.4. The van der Waals surface area contributed by atoms with Crippen molar-refractivity contribution in [1.82, 2.24) is 34.1 Å². The first-order chi connectivity index (χ1) is 28.5. The molecule has 318 valence electrons. The topological polar surface area (TPSA) is 100 Å². The molecule has 0 bridgehead atoms. The number of carbonyl (C=O) groups is 1. The van der Waals surface area contributed by atoms with Gasteiger partial charge >= 0.3 is 6.18 Å². The first-order valence-corrected chi connectivity index (χ1v) is 21.7. The standard InChI is InChI=1S/C43H37ClF7N7O2S/c1-41(2,57-13-12-52-22-57)11-10-27-6-7-29(30-8-9-33(44)36-34(21-61(4,5)60)54-56(3)38(30)36)37(53-27)24(14-23-15-25(45)18-26(46)16-23)17-28(59)20-58-40-35(39(55-58)43(49,50)51)31-19-32(31)42(40,47)48/h6-9,12-13,15-16,18,22,24,31-32H,4,14,17,19-21H2,1-3,5H3/t24-,31+,32-,61?/m1/s1. The monoisotopic (exact) mass is 883 g/mol. The lowest BCUT2D eigenvalue weighted by Crippen LogP contribution is -2.24. The third kappa shape index (κ3) is 8.07. The number of rotatable bonds is 11. The number of alkyl halides is 5. The smallest absolute Gasteiger partial charge is 0.321 e. The number of ketones is 1. The van der Waals surface area contributed by atoms with Crippen LogP contribution in [0.1, 0.15) is 78.1 Å². The summed E-state index contributed by atoms with van der Waals surface area (Å²) < 4.78 is 120. The molecule has 8 rings (SSSR count). The number of hydrogen-bond donors (Lipinski definition) is 0. The van der Waals surface area contributed by atoms with Gasteiger partial charge in [-0.25, -0.2) is 18.7 Å². The van der Waals surface area contributed by atoms with Gasteiger partial charge in [0.05, 0.1) is 34.0 Å².